The molecule has 0 unspecified atom stereocenters. The van der Waals surface area contributed by atoms with Gasteiger partial charge in [-0.2, -0.15) is 10.2 Å². The van der Waals surface area contributed by atoms with Gasteiger partial charge in [-0.1, -0.05) is 0 Å². The number of carbonyl (C=O) groups excluding carboxylic acids is 1. The van der Waals surface area contributed by atoms with Gasteiger partial charge < -0.3 is 5.32 Å². The molecule has 0 aliphatic carbocycles. The first kappa shape index (κ1) is 13.9. The summed E-state index contributed by atoms with van der Waals surface area (Å²) in [6, 6.07) is 3.61. The lowest BCUT2D eigenvalue weighted by molar-refractivity contribution is -0.116. The highest BCUT2D eigenvalue weighted by Gasteiger charge is 2.09. The average Bonchev–Trinajstić information content (AvgIpc) is 3.08. The number of nitrogens with one attached hydrogen (secondary N) is 1. The molecule has 0 aliphatic rings. The normalized spacial score (nSPS) is 10.6. The molecule has 9 nitrogen and oxygen atoms in total. The molecule has 1 amide bonds. The number of aromatic nitrogens is 7. The molecule has 22 heavy (non-hydrogen) atoms. The smallest absolute Gasteiger partial charge is 0.247 e. The number of hydrogen-bond donors (Lipinski definition) is 1. The van der Waals surface area contributed by atoms with Crippen LogP contribution >= 0.6 is 0 Å². The third-order valence-corrected chi connectivity index (χ3v) is 2.92. The summed E-state index contributed by atoms with van der Waals surface area (Å²) in [5.41, 5.74) is 1.85. The third kappa shape index (κ3) is 2.97. The van der Waals surface area contributed by atoms with Gasteiger partial charge in [-0.25, -0.2) is 24.3 Å². The van der Waals surface area contributed by atoms with Gasteiger partial charge in [-0.05, 0) is 19.9 Å². The van der Waals surface area contributed by atoms with Crippen LogP contribution in [0.4, 0.5) is 5.82 Å². The van der Waals surface area contributed by atoms with Crippen molar-refractivity contribution < 1.29 is 4.79 Å². The Balaban J connectivity index is 1.76. The monoisotopic (exact) mass is 298 g/mol. The Morgan fingerprint density at radius 3 is 2.77 bits per heavy atom. The Kier molecular flexibility index (Phi) is 3.60. The number of amides is 1. The van der Waals surface area contributed by atoms with Gasteiger partial charge in [0.05, 0.1) is 5.69 Å². The maximum Gasteiger partial charge on any atom is 0.247 e. The van der Waals surface area contributed by atoms with E-state index >= 15 is 0 Å². The fraction of sp³-hybridized carbons (Fsp3) is 0.231. The van der Waals surface area contributed by atoms with Gasteiger partial charge in [-0.15, -0.1) is 0 Å². The molecule has 0 aliphatic heterocycles. The number of hydrogen-bond acceptors (Lipinski definition) is 6. The van der Waals surface area contributed by atoms with Gasteiger partial charge in [0.15, 0.2) is 5.82 Å². The van der Waals surface area contributed by atoms with E-state index in [0.717, 1.165) is 11.4 Å². The Bertz CT molecular complexity index is 792. The van der Waals surface area contributed by atoms with E-state index in [1.807, 2.05) is 19.9 Å². The Morgan fingerprint density at radius 1 is 1.23 bits per heavy atom. The van der Waals surface area contributed by atoms with E-state index in [2.05, 4.69) is 30.5 Å². The molecule has 112 valence electrons. The number of nitrogens with zero attached hydrogens (tertiary/aromatic N) is 7. The molecule has 3 rings (SSSR count). The van der Waals surface area contributed by atoms with E-state index in [9.17, 15) is 4.79 Å². The van der Waals surface area contributed by atoms with Crippen molar-refractivity contribution in [2.24, 2.45) is 0 Å². The second-order valence-electron chi connectivity index (χ2n) is 4.74. The first-order valence-electron chi connectivity index (χ1n) is 6.60. The molecule has 0 saturated carbocycles. The molecule has 0 saturated heterocycles. The first-order valence-corrected chi connectivity index (χ1v) is 6.60. The van der Waals surface area contributed by atoms with Crippen LogP contribution in [0.3, 0.4) is 0 Å². The van der Waals surface area contributed by atoms with Crippen LogP contribution in [-0.4, -0.2) is 40.4 Å². The van der Waals surface area contributed by atoms with Crippen LogP contribution in [0.5, 0.6) is 0 Å². The van der Waals surface area contributed by atoms with Crippen molar-refractivity contribution in [3.05, 3.63) is 42.5 Å². The molecule has 0 fully saturated rings. The van der Waals surface area contributed by atoms with Crippen LogP contribution in [0.2, 0.25) is 0 Å². The SMILES string of the molecule is Cc1cc(C)n(-c2cc(NC(=O)Cn3cncn3)ncn2)n1. The van der Waals surface area contributed by atoms with Gasteiger partial charge in [0, 0.05) is 11.8 Å². The molecule has 0 atom stereocenters. The van der Waals surface area contributed by atoms with Crippen molar-refractivity contribution >= 4 is 11.7 Å². The highest BCUT2D eigenvalue weighted by Crippen LogP contribution is 2.12. The standard InChI is InChI=1S/C13H14N8O/c1-9-3-10(2)21(19-9)12-4-11(15-7-16-12)18-13(22)5-20-8-14-6-17-20/h3-4,6-8H,5H2,1-2H3,(H,15,16,18,22). The second-order valence-corrected chi connectivity index (χ2v) is 4.74. The Hall–Kier alpha value is -3.10. The maximum atomic E-state index is 11.9. The minimum atomic E-state index is -0.247. The largest absolute Gasteiger partial charge is 0.309 e. The highest BCUT2D eigenvalue weighted by molar-refractivity contribution is 5.89. The molecule has 0 aromatic carbocycles. The lowest BCUT2D eigenvalue weighted by atomic mass is 10.4. The quantitative estimate of drug-likeness (QED) is 0.752. The summed E-state index contributed by atoms with van der Waals surface area (Å²) in [5, 5.41) is 10.9. The van der Waals surface area contributed by atoms with E-state index in [1.165, 1.54) is 23.7 Å². The van der Waals surface area contributed by atoms with Crippen molar-refractivity contribution in [1.82, 2.24) is 34.5 Å². The molecule has 3 aromatic heterocycles. The van der Waals surface area contributed by atoms with Crippen molar-refractivity contribution in [2.45, 2.75) is 20.4 Å². The van der Waals surface area contributed by atoms with E-state index in [4.69, 9.17) is 0 Å². The lowest BCUT2D eigenvalue weighted by Crippen LogP contribution is -2.20. The summed E-state index contributed by atoms with van der Waals surface area (Å²) in [5.74, 6) is 0.753. The highest BCUT2D eigenvalue weighted by atomic mass is 16.2. The van der Waals surface area contributed by atoms with Gasteiger partial charge in [0.25, 0.3) is 0 Å². The zero-order valence-electron chi connectivity index (χ0n) is 12.1. The zero-order valence-corrected chi connectivity index (χ0v) is 12.1. The molecule has 3 aromatic rings. The zero-order chi connectivity index (χ0) is 15.5. The summed E-state index contributed by atoms with van der Waals surface area (Å²) in [7, 11) is 0. The molecular weight excluding hydrogens is 284 g/mol. The Morgan fingerprint density at radius 2 is 2.09 bits per heavy atom. The molecule has 9 heteroatoms. The van der Waals surface area contributed by atoms with Crippen LogP contribution in [-0.2, 0) is 11.3 Å². The maximum absolute atomic E-state index is 11.9. The third-order valence-electron chi connectivity index (χ3n) is 2.92. The molecule has 0 spiro atoms. The minimum absolute atomic E-state index is 0.0687. The fourth-order valence-corrected chi connectivity index (χ4v) is 2.04. The van der Waals surface area contributed by atoms with Crippen molar-refractivity contribution in [3.8, 4) is 5.82 Å². The van der Waals surface area contributed by atoms with E-state index in [1.54, 1.807) is 10.7 Å². The molecule has 0 bridgehead atoms. The minimum Gasteiger partial charge on any atom is -0.309 e. The fourth-order valence-electron chi connectivity index (χ4n) is 2.04. The Labute approximate surface area is 126 Å². The number of rotatable bonds is 4. The molecule has 1 N–H and O–H groups in total. The second kappa shape index (κ2) is 5.72. The van der Waals surface area contributed by atoms with Crippen LogP contribution in [0, 0.1) is 13.8 Å². The van der Waals surface area contributed by atoms with E-state index in [0.29, 0.717) is 11.6 Å². The summed E-state index contributed by atoms with van der Waals surface area (Å²) in [6.07, 6.45) is 4.23. The van der Waals surface area contributed by atoms with Gasteiger partial charge in [0.2, 0.25) is 5.91 Å². The van der Waals surface area contributed by atoms with Crippen molar-refractivity contribution in [3.63, 3.8) is 0 Å². The lowest BCUT2D eigenvalue weighted by Gasteiger charge is -2.07. The van der Waals surface area contributed by atoms with Crippen LogP contribution in [0.1, 0.15) is 11.4 Å². The topological polar surface area (TPSA) is 103 Å². The number of aryl methyl sites for hydroxylation is 2. The average molecular weight is 298 g/mol. The molecule has 3 heterocycles. The van der Waals surface area contributed by atoms with Crippen LogP contribution in [0.25, 0.3) is 5.82 Å². The summed E-state index contributed by atoms with van der Waals surface area (Å²) in [4.78, 5) is 23.9. The summed E-state index contributed by atoms with van der Waals surface area (Å²) >= 11 is 0. The van der Waals surface area contributed by atoms with Crippen LogP contribution in [0.15, 0.2) is 31.1 Å². The van der Waals surface area contributed by atoms with E-state index < -0.39 is 0 Å². The van der Waals surface area contributed by atoms with E-state index in [-0.39, 0.29) is 12.5 Å². The summed E-state index contributed by atoms with van der Waals surface area (Å²) in [6.45, 7) is 3.91. The predicted octanol–water partition coefficient (Wildman–Crippen LogP) is 0.509. The molecular formula is C13H14N8O. The van der Waals surface area contributed by atoms with Crippen molar-refractivity contribution in [1.29, 1.82) is 0 Å². The van der Waals surface area contributed by atoms with Gasteiger partial charge in [-0.3, -0.25) is 4.79 Å². The van der Waals surface area contributed by atoms with Crippen LogP contribution < -0.4 is 5.32 Å². The first-order chi connectivity index (χ1) is 10.6. The van der Waals surface area contributed by atoms with Gasteiger partial charge >= 0.3 is 0 Å². The molecule has 0 radical (unpaired) electrons. The van der Waals surface area contributed by atoms with Gasteiger partial charge in [0.1, 0.15) is 31.3 Å². The van der Waals surface area contributed by atoms with Crippen molar-refractivity contribution in [2.75, 3.05) is 5.32 Å². The summed E-state index contributed by atoms with van der Waals surface area (Å²) < 4.78 is 3.13. The predicted molar refractivity (Wildman–Crippen MR) is 77.3 cm³/mol. The number of anilines is 1. The number of carbonyl (C=O) groups is 1.